The molecule has 2 N–H and O–H groups in total. The average Bonchev–Trinajstić information content (AvgIpc) is 2.78. The van der Waals surface area contributed by atoms with Gasteiger partial charge in [-0.2, -0.15) is 0 Å². The zero-order valence-corrected chi connectivity index (χ0v) is 10.5. The van der Waals surface area contributed by atoms with E-state index in [0.717, 1.165) is 17.4 Å². The standard InChI is InChI=1S/C14H17ClFN/c15-12-5-4-9(16)6-8(12)7-13(17)14-10-2-1-3-11(10)14/h4-6,10-11,13-14H,1-3,7,17H2. The molecule has 2 saturated carbocycles. The molecule has 0 aliphatic heterocycles. The van der Waals surface area contributed by atoms with Crippen LogP contribution in [0.15, 0.2) is 18.2 Å². The molecule has 0 spiro atoms. The van der Waals surface area contributed by atoms with Gasteiger partial charge in [-0.05, 0) is 60.8 Å². The molecule has 2 aliphatic rings. The molecule has 1 aromatic carbocycles. The molecule has 0 heterocycles. The fourth-order valence-corrected chi connectivity index (χ4v) is 3.80. The summed E-state index contributed by atoms with van der Waals surface area (Å²) in [4.78, 5) is 0. The van der Waals surface area contributed by atoms with Crippen molar-refractivity contribution in [2.24, 2.45) is 23.5 Å². The van der Waals surface area contributed by atoms with Crippen LogP contribution in [0.2, 0.25) is 5.02 Å². The van der Waals surface area contributed by atoms with Crippen molar-refractivity contribution in [1.29, 1.82) is 0 Å². The van der Waals surface area contributed by atoms with Crippen LogP contribution in [0.5, 0.6) is 0 Å². The highest BCUT2D eigenvalue weighted by Crippen LogP contribution is 2.58. The van der Waals surface area contributed by atoms with Crippen molar-refractivity contribution in [3.63, 3.8) is 0 Å². The van der Waals surface area contributed by atoms with Gasteiger partial charge in [0.25, 0.3) is 0 Å². The largest absolute Gasteiger partial charge is 0.327 e. The monoisotopic (exact) mass is 253 g/mol. The summed E-state index contributed by atoms with van der Waals surface area (Å²) in [7, 11) is 0. The molecule has 2 fully saturated rings. The second-order valence-corrected chi connectivity index (χ2v) is 5.85. The lowest BCUT2D eigenvalue weighted by atomic mass is 9.98. The van der Waals surface area contributed by atoms with Gasteiger partial charge in [-0.1, -0.05) is 18.0 Å². The smallest absolute Gasteiger partial charge is 0.123 e. The molecule has 2 aliphatic carbocycles. The Bertz CT molecular complexity index is 424. The summed E-state index contributed by atoms with van der Waals surface area (Å²) in [5.41, 5.74) is 7.09. The Hall–Kier alpha value is -0.600. The summed E-state index contributed by atoms with van der Waals surface area (Å²) in [6.07, 6.45) is 4.73. The van der Waals surface area contributed by atoms with Crippen LogP contribution in [-0.2, 0) is 6.42 Å². The van der Waals surface area contributed by atoms with E-state index in [1.165, 1.54) is 31.4 Å². The average molecular weight is 254 g/mol. The van der Waals surface area contributed by atoms with Gasteiger partial charge in [0.2, 0.25) is 0 Å². The van der Waals surface area contributed by atoms with Crippen LogP contribution >= 0.6 is 11.6 Å². The van der Waals surface area contributed by atoms with Crippen LogP contribution in [0.1, 0.15) is 24.8 Å². The molecular weight excluding hydrogens is 237 g/mol. The summed E-state index contributed by atoms with van der Waals surface area (Å²) < 4.78 is 13.1. The fraction of sp³-hybridized carbons (Fsp3) is 0.571. The van der Waals surface area contributed by atoms with Gasteiger partial charge in [0.1, 0.15) is 5.82 Å². The predicted molar refractivity (Wildman–Crippen MR) is 67.4 cm³/mol. The molecule has 0 amide bonds. The van der Waals surface area contributed by atoms with E-state index in [1.54, 1.807) is 6.07 Å². The topological polar surface area (TPSA) is 26.0 Å². The number of rotatable bonds is 3. The van der Waals surface area contributed by atoms with Crippen LogP contribution in [0.25, 0.3) is 0 Å². The van der Waals surface area contributed by atoms with E-state index in [-0.39, 0.29) is 11.9 Å². The molecule has 1 nitrogen and oxygen atoms in total. The van der Waals surface area contributed by atoms with Gasteiger partial charge < -0.3 is 5.73 Å². The van der Waals surface area contributed by atoms with Crippen molar-refractivity contribution in [2.75, 3.05) is 0 Å². The highest BCUT2D eigenvalue weighted by atomic mass is 35.5. The first-order valence-electron chi connectivity index (χ1n) is 6.36. The molecule has 3 heteroatoms. The van der Waals surface area contributed by atoms with Crippen molar-refractivity contribution < 1.29 is 4.39 Å². The predicted octanol–water partition coefficient (Wildman–Crippen LogP) is 3.40. The SMILES string of the molecule is NC(Cc1cc(F)ccc1Cl)C1C2CCCC21. The van der Waals surface area contributed by atoms with Crippen LogP contribution in [-0.4, -0.2) is 6.04 Å². The Kier molecular flexibility index (Phi) is 2.87. The van der Waals surface area contributed by atoms with Crippen molar-refractivity contribution in [1.82, 2.24) is 0 Å². The Balaban J connectivity index is 1.68. The Morgan fingerprint density at radius 3 is 2.76 bits per heavy atom. The zero-order valence-electron chi connectivity index (χ0n) is 9.70. The minimum atomic E-state index is -0.229. The first kappa shape index (κ1) is 11.5. The second-order valence-electron chi connectivity index (χ2n) is 5.44. The third-order valence-corrected chi connectivity index (χ3v) is 4.80. The van der Waals surface area contributed by atoms with Crippen LogP contribution in [0.3, 0.4) is 0 Å². The van der Waals surface area contributed by atoms with Gasteiger partial charge in [0.05, 0.1) is 0 Å². The molecule has 1 aromatic rings. The zero-order chi connectivity index (χ0) is 12.0. The Labute approximate surface area is 106 Å². The van der Waals surface area contributed by atoms with Gasteiger partial charge in [0, 0.05) is 11.1 Å². The third kappa shape index (κ3) is 2.09. The molecule has 0 aromatic heterocycles. The summed E-state index contributed by atoms with van der Waals surface area (Å²) >= 11 is 6.06. The number of fused-ring (bicyclic) bond motifs is 1. The molecule has 0 radical (unpaired) electrons. The van der Waals surface area contributed by atoms with E-state index in [0.29, 0.717) is 17.4 Å². The lowest BCUT2D eigenvalue weighted by Gasteiger charge is -2.14. The van der Waals surface area contributed by atoms with Gasteiger partial charge in [-0.15, -0.1) is 0 Å². The summed E-state index contributed by atoms with van der Waals surface area (Å²) in [6.45, 7) is 0. The number of benzene rings is 1. The maximum absolute atomic E-state index is 13.1. The third-order valence-electron chi connectivity index (χ3n) is 4.43. The van der Waals surface area contributed by atoms with Crippen molar-refractivity contribution in [3.8, 4) is 0 Å². The molecule has 3 rings (SSSR count). The van der Waals surface area contributed by atoms with E-state index < -0.39 is 0 Å². The first-order chi connectivity index (χ1) is 8.16. The van der Waals surface area contributed by atoms with E-state index >= 15 is 0 Å². The summed E-state index contributed by atoms with van der Waals surface area (Å²) in [5.74, 6) is 2.12. The second kappa shape index (κ2) is 4.25. The highest BCUT2D eigenvalue weighted by molar-refractivity contribution is 6.31. The normalized spacial score (nSPS) is 32.3. The molecule has 17 heavy (non-hydrogen) atoms. The molecule has 92 valence electrons. The summed E-state index contributed by atoms with van der Waals surface area (Å²) in [6, 6.07) is 4.67. The van der Waals surface area contributed by atoms with Crippen LogP contribution in [0, 0.1) is 23.6 Å². The van der Waals surface area contributed by atoms with Crippen LogP contribution < -0.4 is 5.73 Å². The molecule has 0 saturated heterocycles. The van der Waals surface area contributed by atoms with Gasteiger partial charge in [-0.25, -0.2) is 4.39 Å². The number of halogens is 2. The number of hydrogen-bond donors (Lipinski definition) is 1. The number of hydrogen-bond acceptors (Lipinski definition) is 1. The van der Waals surface area contributed by atoms with Gasteiger partial charge >= 0.3 is 0 Å². The quantitative estimate of drug-likeness (QED) is 0.878. The molecule has 0 bridgehead atoms. The fourth-order valence-electron chi connectivity index (χ4n) is 3.60. The Morgan fingerprint density at radius 1 is 1.35 bits per heavy atom. The number of nitrogens with two attached hydrogens (primary N) is 1. The van der Waals surface area contributed by atoms with Crippen LogP contribution in [0.4, 0.5) is 4.39 Å². The summed E-state index contributed by atoms with van der Waals surface area (Å²) in [5, 5.41) is 0.632. The van der Waals surface area contributed by atoms with Crippen molar-refractivity contribution in [3.05, 3.63) is 34.6 Å². The minimum absolute atomic E-state index is 0.143. The first-order valence-corrected chi connectivity index (χ1v) is 6.74. The highest BCUT2D eigenvalue weighted by Gasteiger charge is 2.54. The maximum atomic E-state index is 13.1. The Morgan fingerprint density at radius 2 is 2.06 bits per heavy atom. The lowest BCUT2D eigenvalue weighted by Crippen LogP contribution is -2.27. The lowest BCUT2D eigenvalue weighted by molar-refractivity contribution is 0.483. The van der Waals surface area contributed by atoms with Gasteiger partial charge in [0.15, 0.2) is 0 Å². The van der Waals surface area contributed by atoms with Crippen molar-refractivity contribution in [2.45, 2.75) is 31.7 Å². The van der Waals surface area contributed by atoms with E-state index in [9.17, 15) is 4.39 Å². The van der Waals surface area contributed by atoms with E-state index in [4.69, 9.17) is 17.3 Å². The van der Waals surface area contributed by atoms with Gasteiger partial charge in [-0.3, -0.25) is 0 Å². The molecule has 3 atom stereocenters. The van der Waals surface area contributed by atoms with E-state index in [2.05, 4.69) is 0 Å². The minimum Gasteiger partial charge on any atom is -0.327 e. The molecule has 3 unspecified atom stereocenters. The van der Waals surface area contributed by atoms with Crippen molar-refractivity contribution >= 4 is 11.6 Å². The maximum Gasteiger partial charge on any atom is 0.123 e. The van der Waals surface area contributed by atoms with E-state index in [1.807, 2.05) is 0 Å². The molecular formula is C14H17ClFN.